The van der Waals surface area contributed by atoms with E-state index in [0.29, 0.717) is 16.7 Å². The molecule has 0 saturated heterocycles. The Kier molecular flexibility index (Phi) is 3.54. The standard InChI is InChI=1S/C11H7N3O4S2Se/c15-11(16)10-8(4-5-19-10)20(17,18)12-6-2-1-3-7-9(6)14-21-13-7/h1-5,12H,(H,15,16). The number of hydrogen-bond donors (Lipinski definition) is 2. The number of hydrogen-bond acceptors (Lipinski definition) is 6. The van der Waals surface area contributed by atoms with E-state index >= 15 is 0 Å². The van der Waals surface area contributed by atoms with Gasteiger partial charge in [0, 0.05) is 0 Å². The van der Waals surface area contributed by atoms with E-state index in [1.165, 1.54) is 11.4 Å². The van der Waals surface area contributed by atoms with Crippen LogP contribution in [-0.2, 0) is 10.0 Å². The average molecular weight is 388 g/mol. The minimum atomic E-state index is -3.98. The van der Waals surface area contributed by atoms with Crippen LogP contribution >= 0.6 is 11.3 Å². The number of nitrogens with one attached hydrogen (secondary N) is 1. The molecule has 0 atom stereocenters. The number of rotatable bonds is 4. The van der Waals surface area contributed by atoms with Gasteiger partial charge in [0.05, 0.1) is 0 Å². The first-order chi connectivity index (χ1) is 9.99. The van der Waals surface area contributed by atoms with Crippen LogP contribution in [0.3, 0.4) is 0 Å². The van der Waals surface area contributed by atoms with Gasteiger partial charge in [-0.25, -0.2) is 0 Å². The normalized spacial score (nSPS) is 11.6. The number of sulfonamides is 1. The van der Waals surface area contributed by atoms with Gasteiger partial charge in [0.25, 0.3) is 0 Å². The van der Waals surface area contributed by atoms with Crippen LogP contribution in [0, 0.1) is 0 Å². The molecule has 0 amide bonds. The van der Waals surface area contributed by atoms with Gasteiger partial charge in [-0.15, -0.1) is 0 Å². The zero-order valence-electron chi connectivity index (χ0n) is 10.2. The van der Waals surface area contributed by atoms with E-state index < -0.39 is 16.0 Å². The first kappa shape index (κ1) is 14.2. The molecule has 3 rings (SSSR count). The summed E-state index contributed by atoms with van der Waals surface area (Å²) in [6, 6.07) is 6.26. The molecule has 0 spiro atoms. The monoisotopic (exact) mass is 389 g/mol. The van der Waals surface area contributed by atoms with Crippen LogP contribution in [0.2, 0.25) is 0 Å². The molecule has 3 aromatic rings. The van der Waals surface area contributed by atoms with Crippen LogP contribution < -0.4 is 4.72 Å². The van der Waals surface area contributed by atoms with Gasteiger partial charge in [0.2, 0.25) is 0 Å². The van der Waals surface area contributed by atoms with Crippen molar-refractivity contribution in [2.24, 2.45) is 0 Å². The van der Waals surface area contributed by atoms with Gasteiger partial charge in [-0.1, -0.05) is 0 Å². The SMILES string of the molecule is O=C(O)c1sccc1S(=O)(=O)Nc1cccc2n[se]nc12. The van der Waals surface area contributed by atoms with Gasteiger partial charge in [0.1, 0.15) is 0 Å². The van der Waals surface area contributed by atoms with Crippen molar-refractivity contribution < 1.29 is 18.3 Å². The van der Waals surface area contributed by atoms with Crippen molar-refractivity contribution in [2.45, 2.75) is 4.90 Å². The Balaban J connectivity index is 2.06. The number of fused-ring (bicyclic) bond motifs is 1. The third-order valence-corrected chi connectivity index (χ3v) is 6.22. The molecule has 2 aromatic heterocycles. The summed E-state index contributed by atoms with van der Waals surface area (Å²) in [6.07, 6.45) is 0. The second kappa shape index (κ2) is 5.23. The maximum absolute atomic E-state index is 12.4. The zero-order chi connectivity index (χ0) is 15.0. The molecule has 7 nitrogen and oxygen atoms in total. The molecular formula is C11H7N3O4S2Se. The number of carboxylic acid groups (broad SMARTS) is 1. The Morgan fingerprint density at radius 2 is 2.10 bits per heavy atom. The predicted molar refractivity (Wildman–Crippen MR) is 78.6 cm³/mol. The number of benzene rings is 1. The minimum absolute atomic E-state index is 0.221. The van der Waals surface area contributed by atoms with E-state index in [2.05, 4.69) is 12.7 Å². The number of thiophene rings is 1. The molecule has 21 heavy (non-hydrogen) atoms. The summed E-state index contributed by atoms with van der Waals surface area (Å²) in [5.74, 6) is -1.27. The number of carboxylic acids is 1. The van der Waals surface area contributed by atoms with Crippen LogP contribution in [0.4, 0.5) is 5.69 Å². The second-order valence-electron chi connectivity index (χ2n) is 3.96. The first-order valence-electron chi connectivity index (χ1n) is 5.54. The molecule has 0 fully saturated rings. The number of carbonyl (C=O) groups is 1. The molecule has 0 saturated carbocycles. The van der Waals surface area contributed by atoms with Crippen molar-refractivity contribution in [3.8, 4) is 0 Å². The molecule has 0 aliphatic rings. The van der Waals surface area contributed by atoms with E-state index in [0.717, 1.165) is 11.3 Å². The van der Waals surface area contributed by atoms with E-state index in [1.807, 2.05) is 0 Å². The number of anilines is 1. The topological polar surface area (TPSA) is 109 Å². The molecule has 108 valence electrons. The van der Waals surface area contributed by atoms with Gasteiger partial charge in [-0.2, -0.15) is 0 Å². The van der Waals surface area contributed by atoms with Crippen LogP contribution in [-0.4, -0.2) is 42.4 Å². The van der Waals surface area contributed by atoms with Gasteiger partial charge in [-0.05, 0) is 0 Å². The van der Waals surface area contributed by atoms with Crippen LogP contribution in [0.5, 0.6) is 0 Å². The first-order valence-corrected chi connectivity index (χ1v) is 9.43. The van der Waals surface area contributed by atoms with Crippen LogP contribution in [0.1, 0.15) is 9.67 Å². The van der Waals surface area contributed by atoms with E-state index in [4.69, 9.17) is 5.11 Å². The summed E-state index contributed by atoms with van der Waals surface area (Å²) in [4.78, 5) is 10.6. The van der Waals surface area contributed by atoms with E-state index in [-0.39, 0.29) is 24.7 Å². The fourth-order valence-electron chi connectivity index (χ4n) is 1.75. The molecule has 2 heterocycles. The number of aromatic nitrogens is 2. The van der Waals surface area contributed by atoms with Crippen LogP contribution in [0.25, 0.3) is 11.0 Å². The molecular weight excluding hydrogens is 381 g/mol. The Labute approximate surface area is 129 Å². The van der Waals surface area contributed by atoms with Crippen molar-refractivity contribution >= 4 is 59.0 Å². The molecule has 10 heteroatoms. The Morgan fingerprint density at radius 1 is 1.29 bits per heavy atom. The summed E-state index contributed by atoms with van der Waals surface area (Å²) >= 11 is 0.584. The Morgan fingerprint density at radius 3 is 2.86 bits per heavy atom. The van der Waals surface area contributed by atoms with Gasteiger partial charge in [0.15, 0.2) is 0 Å². The van der Waals surface area contributed by atoms with Crippen molar-refractivity contribution in [1.29, 1.82) is 0 Å². The Bertz CT molecular complexity index is 932. The molecule has 0 aliphatic carbocycles. The molecule has 0 unspecified atom stereocenters. The van der Waals surface area contributed by atoms with E-state index in [1.54, 1.807) is 18.2 Å². The molecule has 0 bridgehead atoms. The summed E-state index contributed by atoms with van der Waals surface area (Å²) in [5.41, 5.74) is 1.44. The van der Waals surface area contributed by atoms with Crippen molar-refractivity contribution in [1.82, 2.24) is 7.96 Å². The fourth-order valence-corrected chi connectivity index (χ4v) is 5.23. The number of aromatic carboxylic acids is 1. The molecule has 2 N–H and O–H groups in total. The van der Waals surface area contributed by atoms with Crippen molar-refractivity contribution in [2.75, 3.05) is 4.72 Å². The predicted octanol–water partition coefficient (Wildman–Crippen LogP) is 1.25. The van der Waals surface area contributed by atoms with Gasteiger partial charge < -0.3 is 0 Å². The van der Waals surface area contributed by atoms with Crippen LogP contribution in [0.15, 0.2) is 34.5 Å². The average Bonchev–Trinajstić information content (AvgIpc) is 3.08. The summed E-state index contributed by atoms with van der Waals surface area (Å²) < 4.78 is 35.4. The summed E-state index contributed by atoms with van der Waals surface area (Å²) in [7, 11) is -3.98. The third kappa shape index (κ3) is 2.58. The van der Waals surface area contributed by atoms with Gasteiger partial charge >= 0.3 is 129 Å². The quantitative estimate of drug-likeness (QED) is 0.651. The summed E-state index contributed by atoms with van der Waals surface area (Å²) in [6.45, 7) is 0. The second-order valence-corrected chi connectivity index (χ2v) is 7.64. The van der Waals surface area contributed by atoms with Crippen molar-refractivity contribution in [3.63, 3.8) is 0 Å². The third-order valence-electron chi connectivity index (χ3n) is 2.64. The number of nitrogens with zero attached hydrogens (tertiary/aromatic N) is 2. The molecule has 0 aliphatic heterocycles. The zero-order valence-corrected chi connectivity index (χ0v) is 13.5. The van der Waals surface area contributed by atoms with Crippen molar-refractivity contribution in [3.05, 3.63) is 34.5 Å². The molecule has 0 radical (unpaired) electrons. The maximum atomic E-state index is 12.4. The van der Waals surface area contributed by atoms with E-state index in [9.17, 15) is 13.2 Å². The van der Waals surface area contributed by atoms with Gasteiger partial charge in [-0.3, -0.25) is 0 Å². The fraction of sp³-hybridized carbons (Fsp3) is 0. The summed E-state index contributed by atoms with van der Waals surface area (Å²) in [5, 5.41) is 10.5. The molecule has 1 aromatic carbocycles. The Hall–Kier alpha value is -1.74.